The second-order valence-corrected chi connectivity index (χ2v) is 21.1. The molecule has 0 bridgehead atoms. The fraction of sp³-hybridized carbons (Fsp3) is 0.0526. The van der Waals surface area contributed by atoms with Gasteiger partial charge in [0.25, 0.3) is 0 Å². The third-order valence-corrected chi connectivity index (χ3v) is 16.1. The molecule has 0 aliphatic heterocycles. The Bertz CT molecular complexity index is 4490. The van der Waals surface area contributed by atoms with Crippen LogP contribution in [0.15, 0.2) is 273 Å². The highest BCUT2D eigenvalue weighted by atomic mass is 15.1. The third kappa shape index (κ3) is 8.41. The van der Waals surface area contributed by atoms with E-state index in [9.17, 15) is 0 Å². The molecule has 2 aromatic heterocycles. The number of hydrogen-bond donors (Lipinski definition) is 0. The number of para-hydroxylation sites is 2. The highest BCUT2D eigenvalue weighted by Gasteiger charge is 2.26. The molecule has 15 rings (SSSR count). The lowest BCUT2D eigenvalue weighted by molar-refractivity contribution is 0.937. The summed E-state index contributed by atoms with van der Waals surface area (Å²) in [4.78, 5) is 10.8. The maximum Gasteiger partial charge on any atom is 0.145 e. The molecule has 80 heavy (non-hydrogen) atoms. The van der Waals surface area contributed by atoms with E-state index in [1.54, 1.807) is 0 Å². The molecule has 0 atom stereocenters. The summed E-state index contributed by atoms with van der Waals surface area (Å²) in [5.74, 6) is 1.89. The molecule has 0 fully saturated rings. The maximum atomic E-state index is 5.46. The molecule has 2 aliphatic rings. The fourth-order valence-corrected chi connectivity index (χ4v) is 12.4. The van der Waals surface area contributed by atoms with Crippen LogP contribution in [0.1, 0.15) is 36.5 Å². The summed E-state index contributed by atoms with van der Waals surface area (Å²) in [6, 6.07) is 91.2. The van der Waals surface area contributed by atoms with E-state index in [-0.39, 0.29) is 0 Å². The monoisotopic (exact) mass is 1020 g/mol. The van der Waals surface area contributed by atoms with Gasteiger partial charge in [-0.15, -0.1) is 0 Å². The molecule has 4 nitrogen and oxygen atoms in total. The van der Waals surface area contributed by atoms with E-state index in [0.717, 1.165) is 132 Å². The highest BCUT2D eigenvalue weighted by molar-refractivity contribution is 6.23. The molecule has 0 amide bonds. The lowest BCUT2D eigenvalue weighted by Crippen LogP contribution is -2.05. The number of aromatic nitrogens is 4. The van der Waals surface area contributed by atoms with Gasteiger partial charge in [0.15, 0.2) is 0 Å². The van der Waals surface area contributed by atoms with Crippen molar-refractivity contribution in [3.8, 4) is 89.5 Å². The van der Waals surface area contributed by atoms with Crippen molar-refractivity contribution in [2.75, 3.05) is 0 Å². The van der Waals surface area contributed by atoms with Crippen LogP contribution >= 0.6 is 0 Å². The van der Waals surface area contributed by atoms with E-state index in [1.807, 2.05) is 0 Å². The molecule has 0 unspecified atom stereocenters. The molecule has 0 radical (unpaired) electrons. The molecule has 11 aromatic carbocycles. The zero-order valence-electron chi connectivity index (χ0n) is 44.2. The first-order chi connectivity index (χ1) is 39.7. The van der Waals surface area contributed by atoms with E-state index in [0.29, 0.717) is 0 Å². The van der Waals surface area contributed by atoms with Crippen LogP contribution in [0.25, 0.3) is 134 Å². The first-order valence-corrected chi connectivity index (χ1v) is 27.9. The Morgan fingerprint density at radius 1 is 0.312 bits per heavy atom. The fourth-order valence-electron chi connectivity index (χ4n) is 12.4. The van der Waals surface area contributed by atoms with Crippen LogP contribution in [0.3, 0.4) is 0 Å². The zero-order chi connectivity index (χ0) is 52.9. The van der Waals surface area contributed by atoms with E-state index in [1.165, 1.54) is 39.0 Å². The van der Waals surface area contributed by atoms with Gasteiger partial charge in [-0.2, -0.15) is 0 Å². The van der Waals surface area contributed by atoms with Gasteiger partial charge in [-0.3, -0.25) is 9.13 Å². The minimum atomic E-state index is 0.898. The average Bonchev–Trinajstić information content (AvgIpc) is 4.14. The van der Waals surface area contributed by atoms with Gasteiger partial charge in [-0.05, 0) is 193 Å². The number of benzene rings is 11. The van der Waals surface area contributed by atoms with Crippen LogP contribution in [0.4, 0.5) is 0 Å². The lowest BCUT2D eigenvalue weighted by atomic mass is 9.83. The molecule has 0 saturated heterocycles. The number of rotatable bonds is 10. The normalized spacial score (nSPS) is 13.0. The Morgan fingerprint density at radius 2 is 0.762 bits per heavy atom. The van der Waals surface area contributed by atoms with Crippen molar-refractivity contribution in [1.82, 2.24) is 19.1 Å². The molecule has 0 saturated carbocycles. The summed E-state index contributed by atoms with van der Waals surface area (Å²) in [6.45, 7) is 0. The number of hydrogen-bond acceptors (Lipinski definition) is 2. The lowest BCUT2D eigenvalue weighted by Gasteiger charge is -2.22. The second kappa shape index (κ2) is 20.0. The third-order valence-electron chi connectivity index (χ3n) is 16.1. The molecular weight excluding hydrogens is 969 g/mol. The molecule has 378 valence electrons. The first kappa shape index (κ1) is 47.1. The average molecular weight is 1020 g/mol. The van der Waals surface area contributed by atoms with Crippen LogP contribution in [0.5, 0.6) is 0 Å². The van der Waals surface area contributed by atoms with Crippen LogP contribution < -0.4 is 0 Å². The molecule has 4 heteroatoms. The van der Waals surface area contributed by atoms with E-state index >= 15 is 0 Å². The van der Waals surface area contributed by atoms with Crippen molar-refractivity contribution in [3.05, 3.63) is 290 Å². The van der Waals surface area contributed by atoms with Crippen LogP contribution in [-0.2, 0) is 6.42 Å². The summed E-state index contributed by atoms with van der Waals surface area (Å²) in [6.07, 6.45) is 15.4. The number of aryl methyl sites for hydroxylation is 1. The van der Waals surface area contributed by atoms with Crippen molar-refractivity contribution in [2.45, 2.75) is 25.7 Å². The van der Waals surface area contributed by atoms with Gasteiger partial charge in [0, 0.05) is 22.5 Å². The van der Waals surface area contributed by atoms with Gasteiger partial charge in [-0.25, -0.2) is 9.97 Å². The Labute approximate surface area is 466 Å². The largest absolute Gasteiger partial charge is 0.293 e. The van der Waals surface area contributed by atoms with Crippen molar-refractivity contribution in [1.29, 1.82) is 0 Å². The van der Waals surface area contributed by atoms with Crippen molar-refractivity contribution >= 4 is 44.2 Å². The minimum absolute atomic E-state index is 0.898. The highest BCUT2D eigenvalue weighted by Crippen LogP contribution is 2.49. The van der Waals surface area contributed by atoms with Gasteiger partial charge >= 0.3 is 0 Å². The molecule has 0 N–H and O–H groups in total. The quantitative estimate of drug-likeness (QED) is 0.128. The number of fused-ring (bicyclic) bond motifs is 4. The summed E-state index contributed by atoms with van der Waals surface area (Å²) < 4.78 is 4.78. The van der Waals surface area contributed by atoms with Gasteiger partial charge in [0.1, 0.15) is 11.6 Å². The van der Waals surface area contributed by atoms with Crippen LogP contribution in [-0.4, -0.2) is 19.1 Å². The van der Waals surface area contributed by atoms with Crippen LogP contribution in [0.2, 0.25) is 0 Å². The van der Waals surface area contributed by atoms with Gasteiger partial charge in [0.05, 0.1) is 22.4 Å². The Balaban J connectivity index is 1.11. The SMILES string of the molecule is C1=CC(c2nc3c(n2-c2ccc4c(-c5cc(-c6ccccc6)cc(-c6ccccc6)c5)c5cc(-n6c(-c7ccccc7)nc7ccccc76)ccc5c(-c5cc(-c6ccccc6)cc(-c6ccccc6)c5)c4c2)C=CCC3)=CCC1. The zero-order valence-corrected chi connectivity index (χ0v) is 44.2. The van der Waals surface area contributed by atoms with Gasteiger partial charge < -0.3 is 0 Å². The second-order valence-electron chi connectivity index (χ2n) is 21.1. The van der Waals surface area contributed by atoms with Crippen molar-refractivity contribution in [2.24, 2.45) is 0 Å². The molecule has 13 aromatic rings. The molecule has 0 spiro atoms. The van der Waals surface area contributed by atoms with Crippen LogP contribution in [0, 0.1) is 0 Å². The number of allylic oxidation sites excluding steroid dienone is 5. The Hall–Kier alpha value is -10.2. The van der Waals surface area contributed by atoms with Crippen molar-refractivity contribution < 1.29 is 0 Å². The predicted molar refractivity (Wildman–Crippen MR) is 335 cm³/mol. The molecule has 2 heterocycles. The summed E-state index contributed by atoms with van der Waals surface area (Å²) in [5, 5.41) is 4.62. The Kier molecular flexibility index (Phi) is 11.8. The van der Waals surface area contributed by atoms with Crippen molar-refractivity contribution in [3.63, 3.8) is 0 Å². The molecule has 2 aliphatic carbocycles. The standard InChI is InChI=1S/C76H54N4/c1-7-23-51(24-8-1)57-43-58(52-25-9-2-10-26-52)46-61(45-57)73-65-41-39-64(80-72-38-22-20-36-70(72)78-76(80)56-33-17-6-18-34-56)50-68(65)74(62-47-59(53-27-11-3-12-28-53)44-60(48-62)54-29-13-4-14-30-54)66-42-40-63(49-67(66)73)79-71-37-21-19-35-69(71)77-75(79)55-31-15-5-16-32-55/h1-5,7-17,19,21-35,37-50H,6,18,20,36H2. The topological polar surface area (TPSA) is 35.6 Å². The molecular formula is C76H54N4. The number of nitrogens with zero attached hydrogens (tertiary/aromatic N) is 4. The van der Waals surface area contributed by atoms with E-state index < -0.39 is 0 Å². The Morgan fingerprint density at radius 3 is 1.26 bits per heavy atom. The minimum Gasteiger partial charge on any atom is -0.293 e. The van der Waals surface area contributed by atoms with Gasteiger partial charge in [-0.1, -0.05) is 200 Å². The summed E-state index contributed by atoms with van der Waals surface area (Å²) in [7, 11) is 0. The first-order valence-electron chi connectivity index (χ1n) is 27.9. The predicted octanol–water partition coefficient (Wildman–Crippen LogP) is 19.9. The van der Waals surface area contributed by atoms with E-state index in [2.05, 4.69) is 288 Å². The summed E-state index contributed by atoms with van der Waals surface area (Å²) in [5.41, 5.74) is 22.6. The maximum absolute atomic E-state index is 5.46. The number of imidazole rings is 2. The van der Waals surface area contributed by atoms with Gasteiger partial charge in [0.2, 0.25) is 0 Å². The smallest absolute Gasteiger partial charge is 0.145 e. The van der Waals surface area contributed by atoms with E-state index in [4.69, 9.17) is 9.97 Å². The summed E-state index contributed by atoms with van der Waals surface area (Å²) >= 11 is 0.